The van der Waals surface area contributed by atoms with Crippen LogP contribution in [0.4, 0.5) is 38.3 Å². The molecule has 1 aliphatic heterocycles. The molecule has 2 aromatic heterocycles. The van der Waals surface area contributed by atoms with E-state index in [-0.39, 0.29) is 30.3 Å². The lowest BCUT2D eigenvalue weighted by Gasteiger charge is -2.35. The maximum atomic E-state index is 14.1. The largest absolute Gasteiger partial charge is 0.443 e. The first-order valence-corrected chi connectivity index (χ1v) is 16.2. The third kappa shape index (κ3) is 8.88. The summed E-state index contributed by atoms with van der Waals surface area (Å²) in [5, 5.41) is 1.82. The van der Waals surface area contributed by atoms with Crippen molar-refractivity contribution in [3.05, 3.63) is 41.2 Å². The molecule has 0 spiro atoms. The van der Waals surface area contributed by atoms with Crippen LogP contribution < -0.4 is 10.2 Å². The maximum absolute atomic E-state index is 14.1. The summed E-state index contributed by atoms with van der Waals surface area (Å²) >= 11 is 0. The molecule has 1 saturated heterocycles. The van der Waals surface area contributed by atoms with E-state index < -0.39 is 80.2 Å². The van der Waals surface area contributed by atoms with Gasteiger partial charge in [-0.3, -0.25) is 4.79 Å². The van der Waals surface area contributed by atoms with Crippen LogP contribution in [0, 0.1) is 17.8 Å². The Morgan fingerprint density at radius 2 is 1.68 bits per heavy atom. The summed E-state index contributed by atoms with van der Waals surface area (Å²) in [5.41, 5.74) is -4.75. The molecular weight excluding hydrogens is 649 g/mol. The van der Waals surface area contributed by atoms with Gasteiger partial charge in [-0.1, -0.05) is 11.8 Å². The second-order valence-corrected chi connectivity index (χ2v) is 15.1. The molecule has 2 fully saturated rings. The second kappa shape index (κ2) is 12.6. The molecule has 4 rings (SSSR count). The average Bonchev–Trinajstić information content (AvgIpc) is 3.74. The summed E-state index contributed by atoms with van der Waals surface area (Å²) in [6.07, 6.45) is -4.93. The number of nitrogens with one attached hydrogen (secondary N) is 1. The summed E-state index contributed by atoms with van der Waals surface area (Å²) in [4.78, 5) is 35.5. The van der Waals surface area contributed by atoms with Gasteiger partial charge in [0.05, 0.1) is 16.7 Å². The summed E-state index contributed by atoms with van der Waals surface area (Å²) in [7, 11) is -4.67. The van der Waals surface area contributed by atoms with Crippen LogP contribution in [0.25, 0.3) is 0 Å². The van der Waals surface area contributed by atoms with E-state index in [1.54, 1.807) is 20.8 Å². The van der Waals surface area contributed by atoms with Gasteiger partial charge in [-0.25, -0.2) is 23.5 Å². The van der Waals surface area contributed by atoms with Crippen LogP contribution in [-0.2, 0) is 20.9 Å². The summed E-state index contributed by atoms with van der Waals surface area (Å²) < 4.78 is 103. The minimum atomic E-state index is -4.96. The molecule has 0 atom stereocenters. The highest BCUT2D eigenvalue weighted by atomic mass is 32.2. The summed E-state index contributed by atoms with van der Waals surface area (Å²) in [6, 6.07) is 3.13. The highest BCUT2D eigenvalue weighted by Gasteiger charge is 2.43. The fraction of sp³-hybridized carbons (Fsp3) is 0.548. The van der Waals surface area contributed by atoms with E-state index >= 15 is 0 Å². The van der Waals surface area contributed by atoms with E-state index in [0.717, 1.165) is 31.2 Å². The van der Waals surface area contributed by atoms with Crippen molar-refractivity contribution in [2.24, 2.45) is 5.92 Å². The highest BCUT2D eigenvalue weighted by Crippen LogP contribution is 2.37. The zero-order valence-corrected chi connectivity index (χ0v) is 27.6. The van der Waals surface area contributed by atoms with E-state index in [0.29, 0.717) is 4.31 Å². The summed E-state index contributed by atoms with van der Waals surface area (Å²) in [6.45, 7) is 8.38. The number of piperidine rings is 1. The minimum Gasteiger partial charge on any atom is -0.443 e. The van der Waals surface area contributed by atoms with Gasteiger partial charge in [0, 0.05) is 49.8 Å². The number of halogens is 5. The van der Waals surface area contributed by atoms with Crippen LogP contribution in [-0.4, -0.2) is 64.8 Å². The van der Waals surface area contributed by atoms with Gasteiger partial charge in [0.2, 0.25) is 0 Å². The van der Waals surface area contributed by atoms with E-state index in [2.05, 4.69) is 27.1 Å². The fourth-order valence-corrected chi connectivity index (χ4v) is 6.24. The van der Waals surface area contributed by atoms with Crippen LogP contribution in [0.3, 0.4) is 0 Å². The number of ether oxygens (including phenoxy) is 1. The lowest BCUT2D eigenvalue weighted by Crippen LogP contribution is -2.51. The molecule has 1 saturated carbocycles. The Hall–Kier alpha value is -4.00. The van der Waals surface area contributed by atoms with Crippen molar-refractivity contribution >= 4 is 33.5 Å². The number of rotatable bonds is 5. The van der Waals surface area contributed by atoms with Crippen molar-refractivity contribution in [2.45, 2.75) is 95.5 Å². The number of nitrogens with zero attached hydrogens (tertiary/aromatic N) is 4. The number of carbonyl (C=O) groups is 2. The van der Waals surface area contributed by atoms with Gasteiger partial charge in [0.25, 0.3) is 21.9 Å². The predicted octanol–water partition coefficient (Wildman–Crippen LogP) is 6.47. The molecule has 0 aromatic carbocycles. The van der Waals surface area contributed by atoms with Crippen molar-refractivity contribution < 1.29 is 44.7 Å². The predicted molar refractivity (Wildman–Crippen MR) is 162 cm³/mol. The Labute approximate surface area is 270 Å². The van der Waals surface area contributed by atoms with Gasteiger partial charge < -0.3 is 15.0 Å². The molecule has 47 heavy (non-hydrogen) atoms. The Bertz CT molecular complexity index is 1710. The molecule has 16 heteroatoms. The molecule has 10 nitrogen and oxygen atoms in total. The van der Waals surface area contributed by atoms with Crippen molar-refractivity contribution in [1.82, 2.24) is 14.3 Å². The topological polar surface area (TPSA) is 122 Å². The lowest BCUT2D eigenvalue weighted by molar-refractivity contribution is -0.141. The minimum absolute atomic E-state index is 0.0807. The molecule has 3 heterocycles. The SMILES string of the molecule is CC(C)(C)OC(=O)N(C(C)(C)C)S(=O)(=O)c1cc(NC(=O)c2cc(C#CC3CC3)c(C(F)(F)F)nc2N2CCC(F)(F)CC2)ccn1. The third-order valence-corrected chi connectivity index (χ3v) is 8.89. The van der Waals surface area contributed by atoms with E-state index in [1.165, 1.54) is 31.7 Å². The van der Waals surface area contributed by atoms with Crippen molar-refractivity contribution in [3.63, 3.8) is 0 Å². The van der Waals surface area contributed by atoms with Gasteiger partial charge in [0.1, 0.15) is 11.4 Å². The quantitative estimate of drug-likeness (QED) is 0.281. The summed E-state index contributed by atoms with van der Waals surface area (Å²) in [5.74, 6) is 0.635. The molecule has 0 unspecified atom stereocenters. The average molecular weight is 686 g/mol. The van der Waals surface area contributed by atoms with E-state index in [9.17, 15) is 40.0 Å². The maximum Gasteiger partial charge on any atom is 0.434 e. The second-order valence-electron chi connectivity index (χ2n) is 13.4. The molecule has 0 radical (unpaired) electrons. The number of hydrogen-bond acceptors (Lipinski definition) is 8. The number of amides is 2. The smallest absolute Gasteiger partial charge is 0.434 e. The number of alkyl halides is 5. The normalized spacial score (nSPS) is 17.0. The zero-order valence-electron chi connectivity index (χ0n) is 26.8. The van der Waals surface area contributed by atoms with Crippen molar-refractivity contribution in [3.8, 4) is 11.8 Å². The van der Waals surface area contributed by atoms with Gasteiger partial charge in [-0.2, -0.15) is 25.9 Å². The molecule has 2 aliphatic rings. The first-order valence-electron chi connectivity index (χ1n) is 14.8. The van der Waals surface area contributed by atoms with Crippen LogP contribution >= 0.6 is 0 Å². The Morgan fingerprint density at radius 3 is 2.21 bits per heavy atom. The highest BCUT2D eigenvalue weighted by molar-refractivity contribution is 7.89. The Balaban J connectivity index is 1.75. The molecule has 1 aliphatic carbocycles. The zero-order chi connectivity index (χ0) is 35.2. The van der Waals surface area contributed by atoms with Crippen molar-refractivity contribution in [1.29, 1.82) is 0 Å². The van der Waals surface area contributed by atoms with Crippen molar-refractivity contribution in [2.75, 3.05) is 23.3 Å². The number of aromatic nitrogens is 2. The third-order valence-electron chi connectivity index (χ3n) is 6.96. The monoisotopic (exact) mass is 685 g/mol. The number of pyridine rings is 2. The molecule has 2 amide bonds. The van der Waals surface area contributed by atoms with Crippen LogP contribution in [0.2, 0.25) is 0 Å². The van der Waals surface area contributed by atoms with Crippen LogP contribution in [0.1, 0.15) is 88.8 Å². The molecular formula is C31H36F5N5O5S. The van der Waals surface area contributed by atoms with Gasteiger partial charge in [-0.15, -0.1) is 0 Å². The molecule has 256 valence electrons. The number of carbonyl (C=O) groups excluding carboxylic acids is 2. The number of anilines is 2. The standard InChI is InChI=1S/C31H36F5N5O5S/c1-28(2,3)41(27(43)46-29(4,5)6)47(44,45)23-18-21(11-14-37-23)38-26(42)22-17-20(10-9-19-7-8-19)24(31(34,35)36)39-25(22)40-15-12-30(32,33)13-16-40/h11,14,17-19H,7-8,12-13,15-16H2,1-6H3,(H,37,38,42). The van der Waals surface area contributed by atoms with Gasteiger partial charge in [0.15, 0.2) is 10.7 Å². The number of sulfonamides is 1. The van der Waals surface area contributed by atoms with E-state index in [1.807, 2.05) is 0 Å². The van der Waals surface area contributed by atoms with E-state index in [4.69, 9.17) is 4.74 Å². The van der Waals surface area contributed by atoms with Crippen LogP contribution in [0.15, 0.2) is 29.4 Å². The van der Waals surface area contributed by atoms with Crippen LogP contribution in [0.5, 0.6) is 0 Å². The number of hydrogen-bond donors (Lipinski definition) is 1. The first-order chi connectivity index (χ1) is 21.5. The van der Waals surface area contributed by atoms with Gasteiger partial charge >= 0.3 is 12.3 Å². The molecule has 0 bridgehead atoms. The molecule has 1 N–H and O–H groups in total. The van der Waals surface area contributed by atoms with Gasteiger partial charge in [-0.05, 0) is 66.5 Å². The fourth-order valence-electron chi connectivity index (χ4n) is 4.63. The first kappa shape index (κ1) is 35.8. The Kier molecular flexibility index (Phi) is 9.57. The Morgan fingerprint density at radius 1 is 1.06 bits per heavy atom. The molecule has 2 aromatic rings. The lowest BCUT2D eigenvalue weighted by atomic mass is 10.0.